The third-order valence-corrected chi connectivity index (χ3v) is 3.61. The van der Waals surface area contributed by atoms with Gasteiger partial charge in [-0.3, -0.25) is 0 Å². The zero-order valence-corrected chi connectivity index (χ0v) is 11.5. The summed E-state index contributed by atoms with van der Waals surface area (Å²) in [5.41, 5.74) is 6.81. The summed E-state index contributed by atoms with van der Waals surface area (Å²) in [5, 5.41) is 6.71. The zero-order chi connectivity index (χ0) is 13.9. The molecule has 0 saturated carbocycles. The first kappa shape index (κ1) is 12.6. The minimum absolute atomic E-state index is 0.763. The van der Waals surface area contributed by atoms with E-state index in [4.69, 9.17) is 0 Å². The molecule has 1 aromatic carbocycles. The molecule has 1 aromatic heterocycles. The van der Waals surface area contributed by atoms with Gasteiger partial charge in [0, 0.05) is 24.1 Å². The van der Waals surface area contributed by atoms with Crippen LogP contribution in [0.5, 0.6) is 0 Å². The van der Waals surface area contributed by atoms with Gasteiger partial charge in [0.2, 0.25) is 0 Å². The van der Waals surface area contributed by atoms with Gasteiger partial charge in [-0.05, 0) is 42.2 Å². The summed E-state index contributed by atoms with van der Waals surface area (Å²) in [7, 11) is 0. The van der Waals surface area contributed by atoms with Crippen LogP contribution >= 0.6 is 0 Å². The van der Waals surface area contributed by atoms with Crippen LogP contribution in [0.4, 0.5) is 5.69 Å². The van der Waals surface area contributed by atoms with Crippen molar-refractivity contribution in [2.24, 2.45) is 0 Å². The van der Waals surface area contributed by atoms with Gasteiger partial charge in [-0.15, -0.1) is 0 Å². The molecule has 3 N–H and O–H groups in total. The number of hydrogen-bond donors (Lipinski definition) is 3. The fourth-order valence-corrected chi connectivity index (χ4v) is 2.43. The van der Waals surface area contributed by atoms with Crippen molar-refractivity contribution in [2.45, 2.75) is 19.4 Å². The van der Waals surface area contributed by atoms with Crippen LogP contribution < -0.4 is 10.6 Å². The van der Waals surface area contributed by atoms with E-state index in [0.717, 1.165) is 36.5 Å². The molecule has 0 atom stereocenters. The Labute approximate surface area is 119 Å². The zero-order valence-electron chi connectivity index (χ0n) is 11.5. The molecule has 0 radical (unpaired) electrons. The van der Waals surface area contributed by atoms with Gasteiger partial charge >= 0.3 is 0 Å². The third-order valence-electron chi connectivity index (χ3n) is 3.61. The molecular formula is C17H19N3. The van der Waals surface area contributed by atoms with Crippen molar-refractivity contribution < 1.29 is 0 Å². The summed E-state index contributed by atoms with van der Waals surface area (Å²) in [6.45, 7) is 8.81. The van der Waals surface area contributed by atoms with E-state index in [1.165, 1.54) is 16.8 Å². The van der Waals surface area contributed by atoms with E-state index in [0.29, 0.717) is 0 Å². The van der Waals surface area contributed by atoms with Gasteiger partial charge in [0.15, 0.2) is 0 Å². The molecule has 1 aliphatic heterocycles. The second-order valence-electron chi connectivity index (χ2n) is 5.14. The monoisotopic (exact) mass is 265 g/mol. The molecule has 0 amide bonds. The van der Waals surface area contributed by atoms with Crippen molar-refractivity contribution in [3.8, 4) is 0 Å². The normalized spacial score (nSPS) is 13.5. The van der Waals surface area contributed by atoms with Crippen molar-refractivity contribution in [1.29, 1.82) is 0 Å². The molecule has 102 valence electrons. The highest BCUT2D eigenvalue weighted by molar-refractivity contribution is 5.60. The lowest BCUT2D eigenvalue weighted by Crippen LogP contribution is -2.13. The van der Waals surface area contributed by atoms with Crippen molar-refractivity contribution >= 4 is 11.4 Å². The van der Waals surface area contributed by atoms with E-state index in [-0.39, 0.29) is 0 Å². The van der Waals surface area contributed by atoms with Crippen LogP contribution in [0.15, 0.2) is 55.4 Å². The number of aromatic amines is 1. The SMILES string of the molecule is C=C1CCc2ccc(CNC(=C)c3ccc[nH]3)cc2N1. The molecule has 0 saturated heterocycles. The first-order valence-electron chi connectivity index (χ1n) is 6.85. The fourth-order valence-electron chi connectivity index (χ4n) is 2.43. The van der Waals surface area contributed by atoms with Crippen LogP contribution in [0.25, 0.3) is 5.70 Å². The van der Waals surface area contributed by atoms with Crippen LogP contribution in [0.2, 0.25) is 0 Å². The van der Waals surface area contributed by atoms with Crippen molar-refractivity contribution in [3.05, 3.63) is 72.2 Å². The molecule has 2 aromatic rings. The minimum atomic E-state index is 0.763. The molecule has 3 heteroatoms. The Morgan fingerprint density at radius 1 is 1.25 bits per heavy atom. The molecule has 0 unspecified atom stereocenters. The molecular weight excluding hydrogens is 246 g/mol. The van der Waals surface area contributed by atoms with Crippen LogP contribution in [0.1, 0.15) is 23.2 Å². The van der Waals surface area contributed by atoms with E-state index in [1.807, 2.05) is 18.3 Å². The Morgan fingerprint density at radius 3 is 2.95 bits per heavy atom. The summed E-state index contributed by atoms with van der Waals surface area (Å²) in [5.74, 6) is 0. The van der Waals surface area contributed by atoms with E-state index in [1.54, 1.807) is 0 Å². The van der Waals surface area contributed by atoms with Crippen molar-refractivity contribution in [2.75, 3.05) is 5.32 Å². The number of allylic oxidation sites excluding steroid dienone is 1. The number of nitrogens with one attached hydrogen (secondary N) is 3. The number of aryl methyl sites for hydroxylation is 1. The smallest absolute Gasteiger partial charge is 0.0609 e. The Hall–Kier alpha value is -2.42. The molecule has 0 aliphatic carbocycles. The van der Waals surface area contributed by atoms with Gasteiger partial charge in [0.1, 0.15) is 0 Å². The van der Waals surface area contributed by atoms with Crippen molar-refractivity contribution in [3.63, 3.8) is 0 Å². The van der Waals surface area contributed by atoms with Gasteiger partial charge in [-0.25, -0.2) is 0 Å². The lowest BCUT2D eigenvalue weighted by atomic mass is 10.00. The summed E-state index contributed by atoms with van der Waals surface area (Å²) in [6.07, 6.45) is 3.99. The van der Waals surface area contributed by atoms with Crippen LogP contribution in [0, 0.1) is 0 Å². The van der Waals surface area contributed by atoms with Gasteiger partial charge in [0.25, 0.3) is 0 Å². The molecule has 20 heavy (non-hydrogen) atoms. The van der Waals surface area contributed by atoms with E-state index >= 15 is 0 Å². The standard InChI is InChI=1S/C17H19N3/c1-12-5-7-15-8-6-14(10-17(15)20-12)11-19-13(2)16-4-3-9-18-16/h3-4,6,8-10,18-20H,1-2,5,7,11H2. The number of benzene rings is 1. The highest BCUT2D eigenvalue weighted by Gasteiger charge is 2.11. The maximum Gasteiger partial charge on any atom is 0.0609 e. The first-order valence-corrected chi connectivity index (χ1v) is 6.85. The summed E-state index contributed by atoms with van der Waals surface area (Å²) in [4.78, 5) is 3.14. The minimum Gasteiger partial charge on any atom is -0.380 e. The summed E-state index contributed by atoms with van der Waals surface area (Å²) in [6, 6.07) is 10.5. The van der Waals surface area contributed by atoms with Crippen LogP contribution in [-0.4, -0.2) is 4.98 Å². The number of H-pyrrole nitrogens is 1. The number of hydrogen-bond acceptors (Lipinski definition) is 2. The Kier molecular flexibility index (Phi) is 3.33. The quantitative estimate of drug-likeness (QED) is 0.789. The second kappa shape index (κ2) is 5.29. The van der Waals surface area contributed by atoms with Crippen LogP contribution in [-0.2, 0) is 13.0 Å². The third kappa shape index (κ3) is 2.62. The lowest BCUT2D eigenvalue weighted by Gasteiger charge is -2.21. The fraction of sp³-hybridized carbons (Fsp3) is 0.176. The maximum atomic E-state index is 4.04. The maximum absolute atomic E-state index is 4.04. The first-order chi connectivity index (χ1) is 9.72. The number of aromatic nitrogens is 1. The number of rotatable bonds is 4. The number of fused-ring (bicyclic) bond motifs is 1. The Morgan fingerprint density at radius 2 is 2.15 bits per heavy atom. The molecule has 1 aliphatic rings. The highest BCUT2D eigenvalue weighted by atomic mass is 14.9. The average Bonchev–Trinajstić information content (AvgIpc) is 2.98. The summed E-state index contributed by atoms with van der Waals surface area (Å²) < 4.78 is 0. The van der Waals surface area contributed by atoms with Crippen LogP contribution in [0.3, 0.4) is 0 Å². The molecule has 0 bridgehead atoms. The molecule has 3 rings (SSSR count). The molecule has 0 fully saturated rings. The predicted molar refractivity (Wildman–Crippen MR) is 84.2 cm³/mol. The summed E-state index contributed by atoms with van der Waals surface area (Å²) >= 11 is 0. The lowest BCUT2D eigenvalue weighted by molar-refractivity contribution is 0.876. The predicted octanol–water partition coefficient (Wildman–Crippen LogP) is 3.65. The average molecular weight is 265 g/mol. The van der Waals surface area contributed by atoms with Gasteiger partial charge in [-0.1, -0.05) is 25.3 Å². The number of anilines is 1. The topological polar surface area (TPSA) is 39.9 Å². The van der Waals surface area contributed by atoms with Gasteiger partial charge < -0.3 is 15.6 Å². The largest absolute Gasteiger partial charge is 0.380 e. The van der Waals surface area contributed by atoms with E-state index in [2.05, 4.69) is 47.0 Å². The Bertz CT molecular complexity index is 638. The van der Waals surface area contributed by atoms with Gasteiger partial charge in [0.05, 0.1) is 11.4 Å². The van der Waals surface area contributed by atoms with E-state index < -0.39 is 0 Å². The van der Waals surface area contributed by atoms with E-state index in [9.17, 15) is 0 Å². The van der Waals surface area contributed by atoms with Gasteiger partial charge in [-0.2, -0.15) is 0 Å². The second-order valence-corrected chi connectivity index (χ2v) is 5.14. The molecule has 0 spiro atoms. The van der Waals surface area contributed by atoms with Crippen molar-refractivity contribution in [1.82, 2.24) is 10.3 Å². The molecule has 3 nitrogen and oxygen atoms in total. The Balaban J connectivity index is 1.68. The molecule has 2 heterocycles. The highest BCUT2D eigenvalue weighted by Crippen LogP contribution is 2.27.